The smallest absolute Gasteiger partial charge is 0.264 e. The molecule has 3 rings (SSSR count). The molecule has 5 nitrogen and oxygen atoms in total. The first-order valence-corrected chi connectivity index (χ1v) is 7.58. The monoisotopic (exact) mass is 328 g/mol. The van der Waals surface area contributed by atoms with Gasteiger partial charge in [-0.05, 0) is 29.8 Å². The van der Waals surface area contributed by atoms with Crippen molar-refractivity contribution in [3.8, 4) is 5.75 Å². The van der Waals surface area contributed by atoms with Crippen molar-refractivity contribution in [1.82, 2.24) is 4.90 Å². The second kappa shape index (κ2) is 6.70. The van der Waals surface area contributed by atoms with E-state index in [1.807, 2.05) is 24.3 Å². The van der Waals surface area contributed by atoms with Crippen LogP contribution in [0.15, 0.2) is 48.5 Å². The summed E-state index contributed by atoms with van der Waals surface area (Å²) in [5, 5.41) is 2.56. The molecule has 0 aliphatic carbocycles. The van der Waals surface area contributed by atoms with Crippen molar-refractivity contribution in [2.24, 2.45) is 0 Å². The number of ether oxygens (including phenoxy) is 1. The minimum atomic E-state index is -0.616. The van der Waals surface area contributed by atoms with Gasteiger partial charge in [0.05, 0.1) is 6.54 Å². The minimum Gasteiger partial charge on any atom is -0.480 e. The molecule has 1 aliphatic heterocycles. The first-order chi connectivity index (χ1) is 11.5. The first-order valence-electron chi connectivity index (χ1n) is 7.58. The Morgan fingerprint density at radius 2 is 2.04 bits per heavy atom. The third-order valence-corrected chi connectivity index (χ3v) is 3.79. The van der Waals surface area contributed by atoms with Gasteiger partial charge in [-0.25, -0.2) is 4.39 Å². The van der Waals surface area contributed by atoms with Gasteiger partial charge in [0.1, 0.15) is 11.6 Å². The first kappa shape index (κ1) is 16.0. The van der Waals surface area contributed by atoms with E-state index in [0.717, 1.165) is 5.56 Å². The zero-order chi connectivity index (χ0) is 17.1. The number of fused-ring (bicyclic) bond motifs is 1. The standard InChI is InChI=1S/C18H17FN2O3/c1-21(11-17(22)20-14-7-4-6-13(19)10-14)18(23)16-9-12-5-2-3-8-15(12)24-16/h2-8,10,16H,9,11H2,1H3,(H,20,22)/t16-/m1/s1. The summed E-state index contributed by atoms with van der Waals surface area (Å²) in [5.74, 6) is -0.393. The Bertz CT molecular complexity index is 753. The van der Waals surface area contributed by atoms with E-state index in [4.69, 9.17) is 4.74 Å². The van der Waals surface area contributed by atoms with Crippen LogP contribution >= 0.6 is 0 Å². The second-order valence-electron chi connectivity index (χ2n) is 5.67. The van der Waals surface area contributed by atoms with Crippen LogP contribution < -0.4 is 10.1 Å². The largest absolute Gasteiger partial charge is 0.480 e. The van der Waals surface area contributed by atoms with Crippen LogP contribution in [-0.2, 0) is 16.0 Å². The average molecular weight is 328 g/mol. The van der Waals surface area contributed by atoms with Crippen LogP contribution in [0.3, 0.4) is 0 Å². The van der Waals surface area contributed by atoms with Crippen LogP contribution in [0, 0.1) is 5.82 Å². The number of benzene rings is 2. The number of rotatable bonds is 4. The number of hydrogen-bond donors (Lipinski definition) is 1. The number of carbonyl (C=O) groups excluding carboxylic acids is 2. The highest BCUT2D eigenvalue weighted by Crippen LogP contribution is 2.28. The van der Waals surface area contributed by atoms with E-state index in [1.54, 1.807) is 13.1 Å². The minimum absolute atomic E-state index is 0.133. The zero-order valence-corrected chi connectivity index (χ0v) is 13.2. The van der Waals surface area contributed by atoms with Gasteiger partial charge in [-0.2, -0.15) is 0 Å². The van der Waals surface area contributed by atoms with Gasteiger partial charge in [0.2, 0.25) is 5.91 Å². The zero-order valence-electron chi connectivity index (χ0n) is 13.2. The summed E-state index contributed by atoms with van der Waals surface area (Å²) in [4.78, 5) is 25.7. The SMILES string of the molecule is CN(CC(=O)Nc1cccc(F)c1)C(=O)[C@H]1Cc2ccccc2O1. The van der Waals surface area contributed by atoms with E-state index >= 15 is 0 Å². The Balaban J connectivity index is 1.56. The third-order valence-electron chi connectivity index (χ3n) is 3.79. The van der Waals surface area contributed by atoms with E-state index in [9.17, 15) is 14.0 Å². The lowest BCUT2D eigenvalue weighted by atomic mass is 10.1. The van der Waals surface area contributed by atoms with Gasteiger partial charge in [-0.15, -0.1) is 0 Å². The maximum Gasteiger partial charge on any atom is 0.264 e. The Hall–Kier alpha value is -2.89. The van der Waals surface area contributed by atoms with Crippen LogP contribution in [0.5, 0.6) is 5.75 Å². The molecule has 0 saturated carbocycles. The molecule has 0 unspecified atom stereocenters. The fraction of sp³-hybridized carbons (Fsp3) is 0.222. The fourth-order valence-electron chi connectivity index (χ4n) is 2.63. The highest BCUT2D eigenvalue weighted by atomic mass is 19.1. The van der Waals surface area contributed by atoms with Gasteiger partial charge in [-0.1, -0.05) is 24.3 Å². The van der Waals surface area contributed by atoms with Crippen LogP contribution in [-0.4, -0.2) is 36.4 Å². The van der Waals surface area contributed by atoms with Gasteiger partial charge in [0.25, 0.3) is 5.91 Å². The summed E-state index contributed by atoms with van der Waals surface area (Å²) < 4.78 is 18.7. The molecule has 1 heterocycles. The number of amides is 2. The summed E-state index contributed by atoms with van der Waals surface area (Å²) in [6, 6.07) is 13.1. The van der Waals surface area contributed by atoms with Crippen LogP contribution in [0.25, 0.3) is 0 Å². The van der Waals surface area contributed by atoms with Gasteiger partial charge in [0, 0.05) is 19.2 Å². The Labute approximate surface area is 139 Å². The van der Waals surface area contributed by atoms with E-state index in [2.05, 4.69) is 5.32 Å². The quantitative estimate of drug-likeness (QED) is 0.936. The van der Waals surface area contributed by atoms with Gasteiger partial charge < -0.3 is 15.0 Å². The van der Waals surface area contributed by atoms with Gasteiger partial charge in [0.15, 0.2) is 6.10 Å². The topological polar surface area (TPSA) is 58.6 Å². The molecule has 0 bridgehead atoms. The number of hydrogen-bond acceptors (Lipinski definition) is 3. The lowest BCUT2D eigenvalue weighted by molar-refractivity contribution is -0.139. The molecule has 124 valence electrons. The average Bonchev–Trinajstić information content (AvgIpc) is 2.97. The highest BCUT2D eigenvalue weighted by molar-refractivity contribution is 5.95. The summed E-state index contributed by atoms with van der Waals surface area (Å²) in [5.41, 5.74) is 1.33. The molecular formula is C18H17FN2O3. The molecule has 1 aliphatic rings. The van der Waals surface area contributed by atoms with E-state index in [0.29, 0.717) is 17.9 Å². The number of nitrogens with one attached hydrogen (secondary N) is 1. The van der Waals surface area contributed by atoms with Gasteiger partial charge in [-0.3, -0.25) is 9.59 Å². The molecule has 24 heavy (non-hydrogen) atoms. The number of anilines is 1. The molecule has 2 aromatic rings. The second-order valence-corrected chi connectivity index (χ2v) is 5.67. The summed E-state index contributed by atoms with van der Waals surface area (Å²) in [7, 11) is 1.54. The summed E-state index contributed by atoms with van der Waals surface area (Å²) in [6.45, 7) is -0.133. The maximum absolute atomic E-state index is 13.1. The molecule has 0 fully saturated rings. The molecular weight excluding hydrogens is 311 g/mol. The van der Waals surface area contributed by atoms with Crippen molar-refractivity contribution in [3.05, 3.63) is 59.9 Å². The number of likely N-dealkylation sites (N-methyl/N-ethyl adjacent to an activating group) is 1. The van der Waals surface area contributed by atoms with Crippen LogP contribution in [0.4, 0.5) is 10.1 Å². The molecule has 1 N–H and O–H groups in total. The predicted octanol–water partition coefficient (Wildman–Crippen LogP) is 2.23. The molecule has 6 heteroatoms. The van der Waals surface area contributed by atoms with Crippen molar-refractivity contribution < 1.29 is 18.7 Å². The number of carbonyl (C=O) groups is 2. The Morgan fingerprint density at radius 1 is 1.25 bits per heavy atom. The van der Waals surface area contributed by atoms with Crippen molar-refractivity contribution in [1.29, 1.82) is 0 Å². The normalized spacial score (nSPS) is 15.3. The number of nitrogens with zero attached hydrogens (tertiary/aromatic N) is 1. The maximum atomic E-state index is 13.1. The van der Waals surface area contributed by atoms with Crippen molar-refractivity contribution >= 4 is 17.5 Å². The molecule has 0 radical (unpaired) electrons. The molecule has 2 amide bonds. The molecule has 1 atom stereocenters. The van der Waals surface area contributed by atoms with Crippen molar-refractivity contribution in [2.45, 2.75) is 12.5 Å². The van der Waals surface area contributed by atoms with Crippen molar-refractivity contribution in [2.75, 3.05) is 18.9 Å². The molecule has 0 saturated heterocycles. The fourth-order valence-corrected chi connectivity index (χ4v) is 2.63. The Kier molecular flexibility index (Phi) is 4.46. The summed E-state index contributed by atoms with van der Waals surface area (Å²) in [6.07, 6.45) is -0.125. The van der Waals surface area contributed by atoms with Crippen molar-refractivity contribution in [3.63, 3.8) is 0 Å². The van der Waals surface area contributed by atoms with E-state index < -0.39 is 17.8 Å². The number of para-hydroxylation sites is 1. The highest BCUT2D eigenvalue weighted by Gasteiger charge is 2.31. The van der Waals surface area contributed by atoms with E-state index in [1.165, 1.54) is 23.1 Å². The Morgan fingerprint density at radius 3 is 2.79 bits per heavy atom. The predicted molar refractivity (Wildman–Crippen MR) is 87.2 cm³/mol. The van der Waals surface area contributed by atoms with Crippen LogP contribution in [0.2, 0.25) is 0 Å². The molecule has 2 aromatic carbocycles. The summed E-state index contributed by atoms with van der Waals surface area (Å²) >= 11 is 0. The lowest BCUT2D eigenvalue weighted by Gasteiger charge is -2.20. The molecule has 0 spiro atoms. The molecule has 0 aromatic heterocycles. The number of halogens is 1. The lowest BCUT2D eigenvalue weighted by Crippen LogP contribution is -2.42. The third kappa shape index (κ3) is 3.53. The van der Waals surface area contributed by atoms with E-state index in [-0.39, 0.29) is 12.5 Å². The van der Waals surface area contributed by atoms with Crippen LogP contribution in [0.1, 0.15) is 5.56 Å². The van der Waals surface area contributed by atoms with Gasteiger partial charge >= 0.3 is 0 Å².